The lowest BCUT2D eigenvalue weighted by Crippen LogP contribution is -2.48. The molecule has 0 bridgehead atoms. The zero-order valence-corrected chi connectivity index (χ0v) is 15.2. The molecule has 1 unspecified atom stereocenters. The first-order valence-electron chi connectivity index (χ1n) is 8.87. The van der Waals surface area contributed by atoms with Gasteiger partial charge < -0.3 is 10.2 Å². The minimum atomic E-state index is -0.638. The van der Waals surface area contributed by atoms with E-state index >= 15 is 0 Å². The zero-order chi connectivity index (χ0) is 18.9. The molecule has 0 aliphatic carbocycles. The highest BCUT2D eigenvalue weighted by atomic mass is 19.1. The maximum atomic E-state index is 13.9. The number of amides is 2. The minimum Gasteiger partial charge on any atom is -0.354 e. The first-order chi connectivity index (χ1) is 12.5. The van der Waals surface area contributed by atoms with Crippen molar-refractivity contribution in [2.75, 3.05) is 6.54 Å². The number of benzene rings is 2. The van der Waals surface area contributed by atoms with Gasteiger partial charge in [-0.05, 0) is 30.5 Å². The highest BCUT2D eigenvalue weighted by Crippen LogP contribution is 2.14. The molecule has 2 rings (SSSR count). The molecule has 4 nitrogen and oxygen atoms in total. The summed E-state index contributed by atoms with van der Waals surface area (Å²) < 4.78 is 13.9. The van der Waals surface area contributed by atoms with Gasteiger partial charge in [-0.2, -0.15) is 0 Å². The summed E-state index contributed by atoms with van der Waals surface area (Å²) >= 11 is 0. The first-order valence-corrected chi connectivity index (χ1v) is 8.87. The summed E-state index contributed by atoms with van der Waals surface area (Å²) in [6.07, 6.45) is 0.741. The van der Waals surface area contributed by atoms with Crippen LogP contribution >= 0.6 is 0 Å². The van der Waals surface area contributed by atoms with Crippen molar-refractivity contribution < 1.29 is 14.0 Å². The monoisotopic (exact) mass is 356 g/mol. The Bertz CT molecular complexity index is 734. The van der Waals surface area contributed by atoms with Crippen LogP contribution in [0.1, 0.15) is 31.4 Å². The van der Waals surface area contributed by atoms with Gasteiger partial charge in [0.25, 0.3) is 0 Å². The molecule has 0 aliphatic heterocycles. The number of halogens is 1. The Morgan fingerprint density at radius 1 is 1.08 bits per heavy atom. The Labute approximate surface area is 154 Å². The Kier molecular flexibility index (Phi) is 7.33. The normalized spacial score (nSPS) is 11.7. The van der Waals surface area contributed by atoms with Gasteiger partial charge in [0.15, 0.2) is 0 Å². The highest BCUT2D eigenvalue weighted by molar-refractivity contribution is 5.88. The average molecular weight is 356 g/mol. The van der Waals surface area contributed by atoms with E-state index < -0.39 is 11.9 Å². The lowest BCUT2D eigenvalue weighted by atomic mass is 10.1. The van der Waals surface area contributed by atoms with E-state index in [1.54, 1.807) is 25.1 Å². The topological polar surface area (TPSA) is 49.4 Å². The van der Waals surface area contributed by atoms with Crippen LogP contribution in [-0.4, -0.2) is 29.3 Å². The van der Waals surface area contributed by atoms with Crippen LogP contribution in [0.2, 0.25) is 0 Å². The number of nitrogens with one attached hydrogen (secondary N) is 1. The van der Waals surface area contributed by atoms with E-state index in [1.807, 2.05) is 37.3 Å². The van der Waals surface area contributed by atoms with E-state index in [0.29, 0.717) is 18.7 Å². The van der Waals surface area contributed by atoms with Crippen molar-refractivity contribution in [3.63, 3.8) is 0 Å². The quantitative estimate of drug-likeness (QED) is 0.789. The summed E-state index contributed by atoms with van der Waals surface area (Å²) in [5.74, 6) is -0.897. The van der Waals surface area contributed by atoms with E-state index in [-0.39, 0.29) is 18.2 Å². The lowest BCUT2D eigenvalue weighted by molar-refractivity contribution is -0.140. The van der Waals surface area contributed by atoms with Gasteiger partial charge in [0.2, 0.25) is 11.8 Å². The van der Waals surface area contributed by atoms with Crippen LogP contribution in [0, 0.1) is 5.82 Å². The average Bonchev–Trinajstić information content (AvgIpc) is 2.66. The van der Waals surface area contributed by atoms with Gasteiger partial charge >= 0.3 is 0 Å². The molecule has 0 radical (unpaired) electrons. The SMILES string of the molecule is CCCNC(=O)C(C)N(Cc1ccccc1)C(=O)Cc1ccccc1F. The Morgan fingerprint density at radius 2 is 1.73 bits per heavy atom. The van der Waals surface area contributed by atoms with E-state index in [9.17, 15) is 14.0 Å². The summed E-state index contributed by atoms with van der Waals surface area (Å²) in [6, 6.07) is 15.1. The molecule has 138 valence electrons. The molecule has 1 N–H and O–H groups in total. The van der Waals surface area contributed by atoms with Crippen LogP contribution in [0.5, 0.6) is 0 Å². The number of hydrogen-bond acceptors (Lipinski definition) is 2. The summed E-state index contributed by atoms with van der Waals surface area (Å²) in [6.45, 7) is 4.53. The number of carbonyl (C=O) groups excluding carboxylic acids is 2. The van der Waals surface area contributed by atoms with Crippen molar-refractivity contribution in [3.8, 4) is 0 Å². The van der Waals surface area contributed by atoms with E-state index in [4.69, 9.17) is 0 Å². The predicted octanol–water partition coefficient (Wildman–Crippen LogP) is 3.31. The molecule has 5 heteroatoms. The van der Waals surface area contributed by atoms with Gasteiger partial charge in [-0.25, -0.2) is 4.39 Å². The molecule has 0 fully saturated rings. The Hall–Kier alpha value is -2.69. The van der Waals surface area contributed by atoms with Crippen molar-refractivity contribution >= 4 is 11.8 Å². The van der Waals surface area contributed by atoms with Crippen molar-refractivity contribution in [1.82, 2.24) is 10.2 Å². The fourth-order valence-electron chi connectivity index (χ4n) is 2.66. The molecule has 0 saturated carbocycles. The van der Waals surface area contributed by atoms with Crippen molar-refractivity contribution in [3.05, 3.63) is 71.5 Å². The standard InChI is InChI=1S/C21H25FN2O2/c1-3-13-23-21(26)16(2)24(15-17-9-5-4-6-10-17)20(25)14-18-11-7-8-12-19(18)22/h4-12,16H,3,13-15H2,1-2H3,(H,23,26). The molecular formula is C21H25FN2O2. The van der Waals surface area contributed by atoms with Crippen LogP contribution in [0.3, 0.4) is 0 Å². The van der Waals surface area contributed by atoms with Crippen LogP contribution < -0.4 is 5.32 Å². The Morgan fingerprint density at radius 3 is 2.38 bits per heavy atom. The number of nitrogens with zero attached hydrogens (tertiary/aromatic N) is 1. The van der Waals surface area contributed by atoms with Gasteiger partial charge in [-0.3, -0.25) is 9.59 Å². The first kappa shape index (κ1) is 19.6. The van der Waals surface area contributed by atoms with Crippen LogP contribution in [0.4, 0.5) is 4.39 Å². The fraction of sp³-hybridized carbons (Fsp3) is 0.333. The van der Waals surface area contributed by atoms with E-state index in [1.165, 1.54) is 11.0 Å². The molecule has 2 amide bonds. The molecule has 26 heavy (non-hydrogen) atoms. The molecule has 0 heterocycles. The Balaban J connectivity index is 2.19. The molecule has 0 saturated heterocycles. The summed E-state index contributed by atoms with van der Waals surface area (Å²) in [5.41, 5.74) is 1.25. The molecule has 0 spiro atoms. The number of rotatable bonds is 8. The number of hydrogen-bond donors (Lipinski definition) is 1. The van der Waals surface area contributed by atoms with Gasteiger partial charge in [0.1, 0.15) is 11.9 Å². The van der Waals surface area contributed by atoms with Crippen LogP contribution in [-0.2, 0) is 22.6 Å². The maximum absolute atomic E-state index is 13.9. The molecule has 2 aromatic rings. The summed E-state index contributed by atoms with van der Waals surface area (Å²) in [7, 11) is 0. The molecule has 0 aromatic heterocycles. The van der Waals surface area contributed by atoms with Gasteiger partial charge in [0, 0.05) is 13.1 Å². The van der Waals surface area contributed by atoms with Crippen LogP contribution in [0.15, 0.2) is 54.6 Å². The predicted molar refractivity (Wildman–Crippen MR) is 99.9 cm³/mol. The minimum absolute atomic E-state index is 0.0785. The zero-order valence-electron chi connectivity index (χ0n) is 15.2. The smallest absolute Gasteiger partial charge is 0.242 e. The summed E-state index contributed by atoms with van der Waals surface area (Å²) in [4.78, 5) is 26.8. The third-order valence-corrected chi connectivity index (χ3v) is 4.21. The molecule has 2 aromatic carbocycles. The van der Waals surface area contributed by atoms with Crippen molar-refractivity contribution in [2.24, 2.45) is 0 Å². The fourth-order valence-corrected chi connectivity index (χ4v) is 2.66. The number of carbonyl (C=O) groups is 2. The third kappa shape index (κ3) is 5.41. The molecule has 0 aliphatic rings. The van der Waals surface area contributed by atoms with Gasteiger partial charge in [-0.1, -0.05) is 55.5 Å². The second-order valence-electron chi connectivity index (χ2n) is 6.24. The van der Waals surface area contributed by atoms with Gasteiger partial charge in [0.05, 0.1) is 6.42 Å². The lowest BCUT2D eigenvalue weighted by Gasteiger charge is -2.29. The van der Waals surface area contributed by atoms with Crippen molar-refractivity contribution in [2.45, 2.75) is 39.3 Å². The highest BCUT2D eigenvalue weighted by Gasteiger charge is 2.26. The molecule has 1 atom stereocenters. The second-order valence-corrected chi connectivity index (χ2v) is 6.24. The third-order valence-electron chi connectivity index (χ3n) is 4.21. The maximum Gasteiger partial charge on any atom is 0.242 e. The summed E-state index contributed by atoms with van der Waals surface area (Å²) in [5, 5.41) is 2.82. The van der Waals surface area contributed by atoms with E-state index in [2.05, 4.69) is 5.32 Å². The largest absolute Gasteiger partial charge is 0.354 e. The van der Waals surface area contributed by atoms with Crippen molar-refractivity contribution in [1.29, 1.82) is 0 Å². The van der Waals surface area contributed by atoms with E-state index in [0.717, 1.165) is 12.0 Å². The molecular weight excluding hydrogens is 331 g/mol. The van der Waals surface area contributed by atoms with Crippen LogP contribution in [0.25, 0.3) is 0 Å². The second kappa shape index (κ2) is 9.70. The van der Waals surface area contributed by atoms with Gasteiger partial charge in [-0.15, -0.1) is 0 Å².